The van der Waals surface area contributed by atoms with E-state index < -0.39 is 5.91 Å². The van der Waals surface area contributed by atoms with Crippen molar-refractivity contribution in [2.75, 3.05) is 19.5 Å². The number of benzene rings is 2. The van der Waals surface area contributed by atoms with Gasteiger partial charge in [0.2, 0.25) is 0 Å². The van der Waals surface area contributed by atoms with E-state index in [9.17, 15) is 9.59 Å². The van der Waals surface area contributed by atoms with Gasteiger partial charge >= 0.3 is 0 Å². The van der Waals surface area contributed by atoms with Gasteiger partial charge in [0.15, 0.2) is 5.13 Å². The minimum absolute atomic E-state index is 0.0564. The van der Waals surface area contributed by atoms with Gasteiger partial charge in [-0.1, -0.05) is 29.8 Å². The number of hydrogen-bond donors (Lipinski definition) is 1. The van der Waals surface area contributed by atoms with Crippen molar-refractivity contribution in [3.63, 3.8) is 0 Å². The third-order valence-electron chi connectivity index (χ3n) is 5.11. The van der Waals surface area contributed by atoms with E-state index in [4.69, 9.17) is 9.47 Å². The van der Waals surface area contributed by atoms with Gasteiger partial charge in [-0.2, -0.15) is 0 Å². The van der Waals surface area contributed by atoms with Gasteiger partial charge in [0, 0.05) is 17.1 Å². The molecule has 8 heteroatoms. The van der Waals surface area contributed by atoms with E-state index in [1.54, 1.807) is 38.6 Å². The Labute approximate surface area is 195 Å². The second kappa shape index (κ2) is 9.70. The number of nitrogens with one attached hydrogen (secondary N) is 1. The lowest BCUT2D eigenvalue weighted by molar-refractivity contribution is 0.102. The number of pyridine rings is 1. The van der Waals surface area contributed by atoms with E-state index in [0.717, 1.165) is 16.7 Å². The fraction of sp³-hybridized carbons (Fsp3) is 0.160. The summed E-state index contributed by atoms with van der Waals surface area (Å²) in [6, 6.07) is 16.6. The number of carbonyl (C=O) groups excluding carboxylic acids is 1. The van der Waals surface area contributed by atoms with E-state index in [0.29, 0.717) is 28.9 Å². The molecule has 2 aromatic carbocycles. The number of anilines is 1. The molecular formula is C25H23N3O4S. The van der Waals surface area contributed by atoms with Crippen molar-refractivity contribution in [3.8, 4) is 22.8 Å². The summed E-state index contributed by atoms with van der Waals surface area (Å²) in [5, 5.41) is 4.93. The smallest absolute Gasteiger partial charge is 0.263 e. The highest BCUT2D eigenvalue weighted by Crippen LogP contribution is 2.35. The van der Waals surface area contributed by atoms with Crippen LogP contribution in [0.5, 0.6) is 11.5 Å². The van der Waals surface area contributed by atoms with E-state index in [1.165, 1.54) is 22.0 Å². The first-order valence-corrected chi connectivity index (χ1v) is 11.1. The maximum absolute atomic E-state index is 12.9. The van der Waals surface area contributed by atoms with Crippen molar-refractivity contribution in [1.82, 2.24) is 9.55 Å². The van der Waals surface area contributed by atoms with Crippen molar-refractivity contribution >= 4 is 22.4 Å². The highest BCUT2D eigenvalue weighted by atomic mass is 32.1. The number of carbonyl (C=O) groups is 1. The van der Waals surface area contributed by atoms with Gasteiger partial charge in [-0.05, 0) is 42.8 Å². The highest BCUT2D eigenvalue weighted by Gasteiger charge is 2.16. The fourth-order valence-corrected chi connectivity index (χ4v) is 4.18. The summed E-state index contributed by atoms with van der Waals surface area (Å²) in [5.41, 5.74) is 3.18. The van der Waals surface area contributed by atoms with Crippen LogP contribution in [0.2, 0.25) is 0 Å². The Morgan fingerprint density at radius 2 is 1.94 bits per heavy atom. The topological polar surface area (TPSA) is 82.5 Å². The van der Waals surface area contributed by atoms with Gasteiger partial charge < -0.3 is 14.0 Å². The van der Waals surface area contributed by atoms with E-state index >= 15 is 0 Å². The molecule has 2 heterocycles. The molecule has 2 aromatic heterocycles. The van der Waals surface area contributed by atoms with Crippen molar-refractivity contribution in [2.24, 2.45) is 0 Å². The average Bonchev–Trinajstić information content (AvgIpc) is 3.28. The molecule has 0 atom stereocenters. The van der Waals surface area contributed by atoms with Gasteiger partial charge in [0.05, 0.1) is 26.5 Å². The molecule has 4 aromatic rings. The predicted octanol–water partition coefficient (Wildman–Crippen LogP) is 4.60. The summed E-state index contributed by atoms with van der Waals surface area (Å²) < 4.78 is 12.2. The summed E-state index contributed by atoms with van der Waals surface area (Å²) in [7, 11) is 3.17. The zero-order chi connectivity index (χ0) is 23.4. The van der Waals surface area contributed by atoms with Crippen LogP contribution in [0.1, 0.15) is 21.5 Å². The van der Waals surface area contributed by atoms with Crippen LogP contribution in [0.15, 0.2) is 71.0 Å². The second-order valence-electron chi connectivity index (χ2n) is 7.40. The highest BCUT2D eigenvalue weighted by molar-refractivity contribution is 7.14. The van der Waals surface area contributed by atoms with Crippen LogP contribution in [0, 0.1) is 6.92 Å². The zero-order valence-corrected chi connectivity index (χ0v) is 19.3. The molecule has 1 N–H and O–H groups in total. The normalized spacial score (nSPS) is 10.6. The lowest BCUT2D eigenvalue weighted by atomic mass is 10.1. The SMILES string of the molecule is COc1ccc(OC)c(-c2csc(NC(=O)c3cccn(Cc4cccc(C)c4)c3=O)n2)c1. The molecule has 7 nitrogen and oxygen atoms in total. The number of amides is 1. The van der Waals surface area contributed by atoms with Crippen LogP contribution in [-0.2, 0) is 6.54 Å². The Balaban J connectivity index is 1.55. The van der Waals surface area contributed by atoms with Gasteiger partial charge in [0.1, 0.15) is 17.1 Å². The number of rotatable bonds is 7. The summed E-state index contributed by atoms with van der Waals surface area (Å²) in [6.07, 6.45) is 1.68. The molecule has 1 amide bonds. The number of aryl methyl sites for hydroxylation is 1. The fourth-order valence-electron chi connectivity index (χ4n) is 3.47. The molecule has 0 aliphatic rings. The van der Waals surface area contributed by atoms with Crippen molar-refractivity contribution in [3.05, 3.63) is 93.2 Å². The van der Waals surface area contributed by atoms with Crippen LogP contribution < -0.4 is 20.3 Å². The van der Waals surface area contributed by atoms with Gasteiger partial charge in [-0.3, -0.25) is 14.9 Å². The molecule has 0 saturated heterocycles. The van der Waals surface area contributed by atoms with Crippen LogP contribution in [0.4, 0.5) is 5.13 Å². The first kappa shape index (κ1) is 22.3. The Bertz CT molecular complexity index is 1360. The number of hydrogen-bond acceptors (Lipinski definition) is 6. The van der Waals surface area contributed by atoms with Gasteiger partial charge in [0.25, 0.3) is 11.5 Å². The molecule has 168 valence electrons. The zero-order valence-electron chi connectivity index (χ0n) is 18.5. The van der Waals surface area contributed by atoms with Crippen molar-refractivity contribution in [2.45, 2.75) is 13.5 Å². The number of methoxy groups -OCH3 is 2. The number of nitrogens with zero attached hydrogens (tertiary/aromatic N) is 2. The lowest BCUT2D eigenvalue weighted by Gasteiger charge is -2.09. The van der Waals surface area contributed by atoms with Crippen molar-refractivity contribution in [1.29, 1.82) is 0 Å². The molecule has 4 rings (SSSR count). The van der Waals surface area contributed by atoms with Crippen LogP contribution >= 0.6 is 11.3 Å². The summed E-state index contributed by atoms with van der Waals surface area (Å²) in [6.45, 7) is 2.39. The molecular weight excluding hydrogens is 438 g/mol. The molecule has 0 unspecified atom stereocenters. The first-order valence-electron chi connectivity index (χ1n) is 10.2. The molecule has 0 aliphatic carbocycles. The third kappa shape index (κ3) is 4.96. The molecule has 33 heavy (non-hydrogen) atoms. The minimum Gasteiger partial charge on any atom is -0.497 e. The van der Waals surface area contributed by atoms with E-state index in [-0.39, 0.29) is 11.1 Å². The Morgan fingerprint density at radius 3 is 2.70 bits per heavy atom. The van der Waals surface area contributed by atoms with Gasteiger partial charge in [-0.25, -0.2) is 4.98 Å². The first-order chi connectivity index (χ1) is 16.0. The molecule has 0 spiro atoms. The lowest BCUT2D eigenvalue weighted by Crippen LogP contribution is -2.29. The number of thiazole rings is 1. The minimum atomic E-state index is -0.503. The maximum atomic E-state index is 12.9. The van der Waals surface area contributed by atoms with Crippen LogP contribution in [0.25, 0.3) is 11.3 Å². The Hall–Kier alpha value is -3.91. The van der Waals surface area contributed by atoms with Crippen LogP contribution in [-0.4, -0.2) is 29.7 Å². The summed E-state index contributed by atoms with van der Waals surface area (Å²) in [4.78, 5) is 30.3. The van der Waals surface area contributed by atoms with E-state index in [1.807, 2.05) is 42.6 Å². The Morgan fingerprint density at radius 1 is 1.09 bits per heavy atom. The largest absolute Gasteiger partial charge is 0.497 e. The Kier molecular flexibility index (Phi) is 6.55. The molecule has 0 radical (unpaired) electrons. The van der Waals surface area contributed by atoms with E-state index in [2.05, 4.69) is 10.3 Å². The summed E-state index contributed by atoms with van der Waals surface area (Å²) >= 11 is 1.27. The monoisotopic (exact) mass is 461 g/mol. The quantitative estimate of drug-likeness (QED) is 0.435. The molecule has 0 aliphatic heterocycles. The number of ether oxygens (including phenoxy) is 2. The molecule has 0 bridgehead atoms. The maximum Gasteiger partial charge on any atom is 0.263 e. The second-order valence-corrected chi connectivity index (χ2v) is 8.26. The molecule has 0 saturated carbocycles. The van der Waals surface area contributed by atoms with Crippen molar-refractivity contribution < 1.29 is 14.3 Å². The third-order valence-corrected chi connectivity index (χ3v) is 5.87. The molecule has 0 fully saturated rings. The summed E-state index contributed by atoms with van der Waals surface area (Å²) in [5.74, 6) is 0.806. The van der Waals surface area contributed by atoms with Crippen LogP contribution in [0.3, 0.4) is 0 Å². The average molecular weight is 462 g/mol. The van der Waals surface area contributed by atoms with Gasteiger partial charge in [-0.15, -0.1) is 11.3 Å². The predicted molar refractivity (Wildman–Crippen MR) is 130 cm³/mol. The standard InChI is InChI=1S/C25H23N3O4S/c1-16-6-4-7-17(12-16)14-28-11-5-8-19(24(28)30)23(29)27-25-26-21(15-33-25)20-13-18(31-2)9-10-22(20)32-3/h4-13,15H,14H2,1-3H3,(H,26,27,29). The number of aromatic nitrogens is 2.